The lowest BCUT2D eigenvalue weighted by Crippen LogP contribution is -2.24. The predicted octanol–water partition coefficient (Wildman–Crippen LogP) is 0.397. The Hall–Kier alpha value is -0.290. The molecule has 0 aromatic carbocycles. The van der Waals surface area contributed by atoms with Crippen molar-refractivity contribution in [3.63, 3.8) is 0 Å². The molecule has 0 bridgehead atoms. The zero-order valence-electron chi connectivity index (χ0n) is 7.06. The molecule has 0 fully saturated rings. The van der Waals surface area contributed by atoms with Gasteiger partial charge in [-0.2, -0.15) is 0 Å². The molecule has 0 aromatic heterocycles. The fraction of sp³-hybridized carbons (Fsp3) is 0.571. The molecule has 1 amide bonds. The Kier molecular flexibility index (Phi) is 8.13. The first-order valence-electron chi connectivity index (χ1n) is 3.68. The van der Waals surface area contributed by atoms with Gasteiger partial charge in [0.15, 0.2) is 0 Å². The molecule has 0 aliphatic heterocycles. The summed E-state index contributed by atoms with van der Waals surface area (Å²) >= 11 is 10.9. The molecule has 0 unspecified atom stereocenters. The van der Waals surface area contributed by atoms with Gasteiger partial charge in [-0.1, -0.05) is 23.2 Å². The standard InChI is InChI=1S/C7H12Cl2N2O2/c8-3-6(9)4-11-1-2-13-5-7(10)12/h3,11H,1-2,4-5H2,(H2,10,12). The van der Waals surface area contributed by atoms with Crippen molar-refractivity contribution >= 4 is 29.1 Å². The van der Waals surface area contributed by atoms with Crippen molar-refractivity contribution in [3.05, 3.63) is 10.6 Å². The number of hydrogen-bond acceptors (Lipinski definition) is 3. The van der Waals surface area contributed by atoms with Crippen LogP contribution in [-0.4, -0.2) is 32.2 Å². The lowest BCUT2D eigenvalue weighted by atomic mass is 10.5. The number of carbonyl (C=O) groups excluding carboxylic acids is 1. The van der Waals surface area contributed by atoms with Crippen LogP contribution in [0.25, 0.3) is 0 Å². The number of hydrogen-bond donors (Lipinski definition) is 2. The van der Waals surface area contributed by atoms with Crippen molar-refractivity contribution in [2.24, 2.45) is 5.73 Å². The van der Waals surface area contributed by atoms with Crippen LogP contribution in [-0.2, 0) is 9.53 Å². The highest BCUT2D eigenvalue weighted by molar-refractivity contribution is 6.36. The number of rotatable bonds is 7. The Labute approximate surface area is 87.0 Å². The minimum atomic E-state index is -0.473. The van der Waals surface area contributed by atoms with Gasteiger partial charge in [-0.25, -0.2) is 0 Å². The minimum Gasteiger partial charge on any atom is -0.370 e. The van der Waals surface area contributed by atoms with Crippen molar-refractivity contribution in [1.82, 2.24) is 5.32 Å². The quantitative estimate of drug-likeness (QED) is 0.618. The van der Waals surface area contributed by atoms with Crippen LogP contribution in [0.3, 0.4) is 0 Å². The van der Waals surface area contributed by atoms with Gasteiger partial charge in [0.1, 0.15) is 6.61 Å². The molecule has 76 valence electrons. The summed E-state index contributed by atoms with van der Waals surface area (Å²) in [4.78, 5) is 10.2. The average molecular weight is 227 g/mol. The van der Waals surface area contributed by atoms with Crippen LogP contribution in [0.1, 0.15) is 0 Å². The zero-order chi connectivity index (χ0) is 10.1. The number of halogens is 2. The van der Waals surface area contributed by atoms with Gasteiger partial charge in [0.05, 0.1) is 6.61 Å². The summed E-state index contributed by atoms with van der Waals surface area (Å²) in [5, 5.41) is 3.47. The van der Waals surface area contributed by atoms with E-state index in [4.69, 9.17) is 33.7 Å². The number of amides is 1. The highest BCUT2D eigenvalue weighted by Gasteiger charge is 1.94. The van der Waals surface area contributed by atoms with Crippen molar-refractivity contribution < 1.29 is 9.53 Å². The average Bonchev–Trinajstić information content (AvgIpc) is 2.10. The van der Waals surface area contributed by atoms with Gasteiger partial charge in [0.2, 0.25) is 5.91 Å². The highest BCUT2D eigenvalue weighted by Crippen LogP contribution is 1.99. The van der Waals surface area contributed by atoms with E-state index < -0.39 is 5.91 Å². The van der Waals surface area contributed by atoms with E-state index in [0.717, 1.165) is 0 Å². The summed E-state index contributed by atoms with van der Waals surface area (Å²) in [5.41, 5.74) is 6.14. The summed E-state index contributed by atoms with van der Waals surface area (Å²) in [7, 11) is 0. The molecule has 0 heterocycles. The van der Waals surface area contributed by atoms with E-state index in [1.165, 1.54) is 5.54 Å². The molecule has 0 saturated heterocycles. The number of carbonyl (C=O) groups is 1. The molecule has 0 aromatic rings. The number of nitrogens with one attached hydrogen (secondary N) is 1. The molecule has 6 heteroatoms. The third-order valence-corrected chi connectivity index (χ3v) is 1.70. The monoisotopic (exact) mass is 226 g/mol. The van der Waals surface area contributed by atoms with Crippen molar-refractivity contribution in [3.8, 4) is 0 Å². The largest absolute Gasteiger partial charge is 0.370 e. The molecule has 0 aliphatic carbocycles. The number of ether oxygens (including phenoxy) is 1. The van der Waals surface area contributed by atoms with E-state index in [1.807, 2.05) is 0 Å². The lowest BCUT2D eigenvalue weighted by Gasteiger charge is -2.03. The first kappa shape index (κ1) is 12.7. The molecule has 0 saturated carbocycles. The third kappa shape index (κ3) is 9.63. The van der Waals surface area contributed by atoms with E-state index in [9.17, 15) is 4.79 Å². The predicted molar refractivity (Wildman–Crippen MR) is 52.7 cm³/mol. The van der Waals surface area contributed by atoms with Crippen molar-refractivity contribution in [2.45, 2.75) is 0 Å². The van der Waals surface area contributed by atoms with Crippen LogP contribution in [0.2, 0.25) is 0 Å². The Morgan fingerprint density at radius 1 is 1.62 bits per heavy atom. The van der Waals surface area contributed by atoms with Crippen LogP contribution < -0.4 is 11.1 Å². The summed E-state index contributed by atoms with van der Waals surface area (Å²) < 4.78 is 4.88. The maximum atomic E-state index is 10.2. The van der Waals surface area contributed by atoms with E-state index >= 15 is 0 Å². The second-order valence-electron chi connectivity index (χ2n) is 2.25. The topological polar surface area (TPSA) is 64.4 Å². The second-order valence-corrected chi connectivity index (χ2v) is 2.96. The molecular formula is C7H12Cl2N2O2. The smallest absolute Gasteiger partial charge is 0.243 e. The van der Waals surface area contributed by atoms with E-state index in [2.05, 4.69) is 5.32 Å². The van der Waals surface area contributed by atoms with E-state index in [1.54, 1.807) is 0 Å². The molecule has 0 rings (SSSR count). The summed E-state index contributed by atoms with van der Waals surface area (Å²) in [6.45, 7) is 1.44. The van der Waals surface area contributed by atoms with Gasteiger partial charge >= 0.3 is 0 Å². The van der Waals surface area contributed by atoms with Crippen molar-refractivity contribution in [2.75, 3.05) is 26.3 Å². The fourth-order valence-electron chi connectivity index (χ4n) is 0.563. The zero-order valence-corrected chi connectivity index (χ0v) is 8.57. The minimum absolute atomic E-state index is 0.0548. The lowest BCUT2D eigenvalue weighted by molar-refractivity contribution is -0.122. The molecule has 0 radical (unpaired) electrons. The van der Waals surface area contributed by atoms with Gasteiger partial charge in [-0.15, -0.1) is 0 Å². The van der Waals surface area contributed by atoms with Gasteiger partial charge < -0.3 is 15.8 Å². The van der Waals surface area contributed by atoms with Crippen LogP contribution in [0.5, 0.6) is 0 Å². The molecule has 0 atom stereocenters. The van der Waals surface area contributed by atoms with Crippen LogP contribution in [0.15, 0.2) is 10.6 Å². The molecule has 4 nitrogen and oxygen atoms in total. The van der Waals surface area contributed by atoms with E-state index in [0.29, 0.717) is 24.7 Å². The van der Waals surface area contributed by atoms with Gasteiger partial charge in [-0.05, 0) is 0 Å². The Morgan fingerprint density at radius 2 is 2.31 bits per heavy atom. The van der Waals surface area contributed by atoms with Gasteiger partial charge in [0, 0.05) is 23.7 Å². The molecule has 0 spiro atoms. The Morgan fingerprint density at radius 3 is 2.85 bits per heavy atom. The van der Waals surface area contributed by atoms with E-state index in [-0.39, 0.29) is 6.61 Å². The number of nitrogens with two attached hydrogens (primary N) is 1. The maximum absolute atomic E-state index is 10.2. The first-order valence-corrected chi connectivity index (χ1v) is 4.49. The van der Waals surface area contributed by atoms with Crippen LogP contribution >= 0.6 is 23.2 Å². The number of primary amides is 1. The highest BCUT2D eigenvalue weighted by atomic mass is 35.5. The SMILES string of the molecule is NC(=O)COCCNCC(Cl)=CCl. The Bertz CT molecular complexity index is 185. The normalized spacial score (nSPS) is 11.7. The second kappa shape index (κ2) is 8.31. The third-order valence-electron chi connectivity index (χ3n) is 1.08. The van der Waals surface area contributed by atoms with Gasteiger partial charge in [-0.3, -0.25) is 4.79 Å². The maximum Gasteiger partial charge on any atom is 0.243 e. The van der Waals surface area contributed by atoms with Crippen LogP contribution in [0, 0.1) is 0 Å². The molecular weight excluding hydrogens is 215 g/mol. The van der Waals surface area contributed by atoms with Crippen molar-refractivity contribution in [1.29, 1.82) is 0 Å². The molecule has 3 N–H and O–H groups in total. The summed E-state index contributed by atoms with van der Waals surface area (Å²) in [6, 6.07) is 0. The van der Waals surface area contributed by atoms with Crippen LogP contribution in [0.4, 0.5) is 0 Å². The fourth-order valence-corrected chi connectivity index (χ4v) is 0.735. The first-order chi connectivity index (χ1) is 6.16. The molecule has 13 heavy (non-hydrogen) atoms. The molecule has 0 aliphatic rings. The van der Waals surface area contributed by atoms with Gasteiger partial charge in [0.25, 0.3) is 0 Å². The summed E-state index contributed by atoms with van der Waals surface area (Å²) in [5.74, 6) is -0.473. The Balaban J connectivity index is 3.13. The summed E-state index contributed by atoms with van der Waals surface area (Å²) in [6.07, 6.45) is 0.